The lowest BCUT2D eigenvalue weighted by atomic mass is 10.1. The van der Waals surface area contributed by atoms with Crippen LogP contribution in [-0.4, -0.2) is 55.7 Å². The van der Waals surface area contributed by atoms with E-state index in [0.29, 0.717) is 31.7 Å². The third-order valence-corrected chi connectivity index (χ3v) is 4.35. The fourth-order valence-electron chi connectivity index (χ4n) is 3.29. The predicted octanol–water partition coefficient (Wildman–Crippen LogP) is 1.31. The zero-order valence-corrected chi connectivity index (χ0v) is 14.1. The number of carbonyl (C=O) groups is 1. The molecule has 0 bridgehead atoms. The fraction of sp³-hybridized carbons (Fsp3) is 0.625. The molecule has 3 rings (SSSR count). The summed E-state index contributed by atoms with van der Waals surface area (Å²) in [5, 5.41) is 4.19. The van der Waals surface area contributed by atoms with E-state index in [1.54, 1.807) is 4.52 Å². The molecule has 0 aromatic carbocycles. The number of aryl methyl sites for hydroxylation is 2. The van der Waals surface area contributed by atoms with Gasteiger partial charge < -0.3 is 9.64 Å². The summed E-state index contributed by atoms with van der Waals surface area (Å²) in [7, 11) is 0. The van der Waals surface area contributed by atoms with Crippen LogP contribution in [0.2, 0.25) is 0 Å². The average Bonchev–Trinajstić information content (AvgIpc) is 2.94. The van der Waals surface area contributed by atoms with Crippen molar-refractivity contribution in [3.8, 4) is 0 Å². The molecule has 1 amide bonds. The summed E-state index contributed by atoms with van der Waals surface area (Å²) in [6, 6.07) is 0. The quantitative estimate of drug-likeness (QED) is 0.853. The Morgan fingerprint density at radius 3 is 2.70 bits per heavy atom. The molecule has 0 radical (unpaired) electrons. The molecule has 2 aromatic heterocycles. The highest BCUT2D eigenvalue weighted by molar-refractivity contribution is 5.76. The van der Waals surface area contributed by atoms with Crippen LogP contribution in [0.25, 0.3) is 5.78 Å². The Bertz CT molecular complexity index is 717. The van der Waals surface area contributed by atoms with E-state index >= 15 is 0 Å². The van der Waals surface area contributed by atoms with Gasteiger partial charge in [-0.15, -0.1) is 0 Å². The lowest BCUT2D eigenvalue weighted by Crippen LogP contribution is -2.48. The first kappa shape index (κ1) is 15.9. The van der Waals surface area contributed by atoms with Gasteiger partial charge in [-0.3, -0.25) is 4.79 Å². The van der Waals surface area contributed by atoms with Crippen LogP contribution in [0.1, 0.15) is 37.2 Å². The molecule has 0 aliphatic carbocycles. The smallest absolute Gasteiger partial charge is 0.252 e. The van der Waals surface area contributed by atoms with Crippen LogP contribution >= 0.6 is 0 Å². The predicted molar refractivity (Wildman–Crippen MR) is 85.2 cm³/mol. The Labute approximate surface area is 135 Å². The molecule has 1 aliphatic heterocycles. The molecule has 2 atom stereocenters. The van der Waals surface area contributed by atoms with Gasteiger partial charge in [0.1, 0.15) is 6.33 Å². The number of fused-ring (bicyclic) bond motifs is 1. The van der Waals surface area contributed by atoms with Gasteiger partial charge in [-0.05, 0) is 39.7 Å². The van der Waals surface area contributed by atoms with Crippen molar-refractivity contribution >= 4 is 11.7 Å². The Morgan fingerprint density at radius 1 is 1.30 bits per heavy atom. The van der Waals surface area contributed by atoms with Crippen LogP contribution in [0.4, 0.5) is 0 Å². The number of amides is 1. The van der Waals surface area contributed by atoms with Crippen molar-refractivity contribution in [3.05, 3.63) is 23.3 Å². The van der Waals surface area contributed by atoms with E-state index in [0.717, 1.165) is 17.0 Å². The van der Waals surface area contributed by atoms with Gasteiger partial charge in [0.05, 0.1) is 12.2 Å². The van der Waals surface area contributed by atoms with Crippen molar-refractivity contribution in [3.63, 3.8) is 0 Å². The van der Waals surface area contributed by atoms with Gasteiger partial charge in [0.2, 0.25) is 5.91 Å². The highest BCUT2D eigenvalue weighted by Crippen LogP contribution is 2.17. The minimum absolute atomic E-state index is 0.0966. The van der Waals surface area contributed by atoms with Gasteiger partial charge in [-0.1, -0.05) is 0 Å². The van der Waals surface area contributed by atoms with E-state index in [1.807, 2.05) is 32.6 Å². The maximum Gasteiger partial charge on any atom is 0.252 e. The monoisotopic (exact) mass is 317 g/mol. The number of ether oxygens (including phenoxy) is 1. The lowest BCUT2D eigenvalue weighted by molar-refractivity contribution is -0.143. The highest BCUT2D eigenvalue weighted by Gasteiger charge is 2.25. The summed E-state index contributed by atoms with van der Waals surface area (Å²) < 4.78 is 7.41. The van der Waals surface area contributed by atoms with E-state index in [9.17, 15) is 4.79 Å². The van der Waals surface area contributed by atoms with Crippen molar-refractivity contribution in [2.24, 2.45) is 0 Å². The van der Waals surface area contributed by atoms with Crippen LogP contribution in [0, 0.1) is 13.8 Å². The number of hydrogen-bond donors (Lipinski definition) is 0. The number of hydrogen-bond acceptors (Lipinski definition) is 5. The molecule has 7 nitrogen and oxygen atoms in total. The maximum atomic E-state index is 12.5. The van der Waals surface area contributed by atoms with E-state index in [-0.39, 0.29) is 18.1 Å². The van der Waals surface area contributed by atoms with Crippen molar-refractivity contribution in [1.29, 1.82) is 0 Å². The number of aromatic nitrogens is 4. The Hall–Kier alpha value is -2.02. The summed E-state index contributed by atoms with van der Waals surface area (Å²) in [5.41, 5.74) is 2.99. The van der Waals surface area contributed by atoms with Crippen LogP contribution in [0.5, 0.6) is 0 Å². The fourth-order valence-corrected chi connectivity index (χ4v) is 3.29. The van der Waals surface area contributed by atoms with Gasteiger partial charge in [0.25, 0.3) is 5.78 Å². The van der Waals surface area contributed by atoms with Crippen molar-refractivity contribution in [1.82, 2.24) is 24.5 Å². The lowest BCUT2D eigenvalue weighted by Gasteiger charge is -2.35. The SMILES string of the molecule is Cc1nc2ncnn2c(C)c1CCC(=O)N1CC(C)OC(C)C1. The van der Waals surface area contributed by atoms with Crippen molar-refractivity contribution in [2.75, 3.05) is 13.1 Å². The number of morpholine rings is 1. The first-order chi connectivity index (χ1) is 11.0. The topological polar surface area (TPSA) is 72.6 Å². The molecule has 2 aromatic rings. The third-order valence-electron chi connectivity index (χ3n) is 4.35. The molecule has 124 valence electrons. The number of rotatable bonds is 3. The summed E-state index contributed by atoms with van der Waals surface area (Å²) in [4.78, 5) is 23.0. The molecule has 1 saturated heterocycles. The maximum absolute atomic E-state index is 12.5. The Kier molecular flexibility index (Phi) is 4.30. The number of carbonyl (C=O) groups excluding carboxylic acids is 1. The number of nitrogens with zero attached hydrogens (tertiary/aromatic N) is 5. The first-order valence-corrected chi connectivity index (χ1v) is 8.04. The summed E-state index contributed by atoms with van der Waals surface area (Å²) in [6.07, 6.45) is 2.83. The Morgan fingerprint density at radius 2 is 2.00 bits per heavy atom. The second-order valence-corrected chi connectivity index (χ2v) is 6.29. The summed E-state index contributed by atoms with van der Waals surface area (Å²) >= 11 is 0. The molecular formula is C16H23N5O2. The first-order valence-electron chi connectivity index (χ1n) is 8.04. The van der Waals surface area contributed by atoms with E-state index < -0.39 is 0 Å². The average molecular weight is 317 g/mol. The van der Waals surface area contributed by atoms with E-state index in [1.165, 1.54) is 6.33 Å². The molecule has 0 saturated carbocycles. The largest absolute Gasteiger partial charge is 0.372 e. The van der Waals surface area contributed by atoms with Crippen LogP contribution < -0.4 is 0 Å². The molecule has 0 spiro atoms. The molecule has 2 unspecified atom stereocenters. The van der Waals surface area contributed by atoms with Gasteiger partial charge in [-0.25, -0.2) is 9.50 Å². The van der Waals surface area contributed by atoms with E-state index in [2.05, 4.69) is 15.1 Å². The molecule has 1 aliphatic rings. The molecule has 3 heterocycles. The third kappa shape index (κ3) is 3.19. The molecule has 7 heteroatoms. The molecule has 1 fully saturated rings. The molecule has 23 heavy (non-hydrogen) atoms. The van der Waals surface area contributed by atoms with Crippen LogP contribution in [0.15, 0.2) is 6.33 Å². The second kappa shape index (κ2) is 6.23. The summed E-state index contributed by atoms with van der Waals surface area (Å²) in [6.45, 7) is 9.30. The molecular weight excluding hydrogens is 294 g/mol. The minimum Gasteiger partial charge on any atom is -0.372 e. The van der Waals surface area contributed by atoms with Crippen molar-refractivity contribution < 1.29 is 9.53 Å². The standard InChI is InChI=1S/C16H23N5O2/c1-10-7-20(8-11(2)23-10)15(22)6-5-14-12(3)19-16-17-9-18-21(16)13(14)4/h9-11H,5-8H2,1-4H3. The van der Waals surface area contributed by atoms with E-state index in [4.69, 9.17) is 4.74 Å². The van der Waals surface area contributed by atoms with Gasteiger partial charge in [0.15, 0.2) is 0 Å². The van der Waals surface area contributed by atoms with Crippen LogP contribution in [0.3, 0.4) is 0 Å². The highest BCUT2D eigenvalue weighted by atomic mass is 16.5. The van der Waals surface area contributed by atoms with Crippen LogP contribution in [-0.2, 0) is 16.0 Å². The van der Waals surface area contributed by atoms with Gasteiger partial charge >= 0.3 is 0 Å². The summed E-state index contributed by atoms with van der Waals surface area (Å²) in [5.74, 6) is 0.774. The van der Waals surface area contributed by atoms with Crippen molar-refractivity contribution in [2.45, 2.75) is 52.7 Å². The second-order valence-electron chi connectivity index (χ2n) is 6.29. The van der Waals surface area contributed by atoms with Gasteiger partial charge in [0, 0.05) is 30.9 Å². The minimum atomic E-state index is 0.0966. The van der Waals surface area contributed by atoms with Gasteiger partial charge in [-0.2, -0.15) is 10.1 Å². The Balaban J connectivity index is 1.72. The zero-order chi connectivity index (χ0) is 16.6. The zero-order valence-electron chi connectivity index (χ0n) is 14.1. The molecule has 0 N–H and O–H groups in total. The normalized spacial score (nSPS) is 21.8.